The smallest absolute Gasteiger partial charge is 0.243 e. The van der Waals surface area contributed by atoms with Crippen molar-refractivity contribution in [2.24, 2.45) is 0 Å². The Kier molecular flexibility index (Phi) is 7.55. The molecular weight excluding hydrogens is 440 g/mol. The number of aryl methyl sites for hydroxylation is 1. The first kappa shape index (κ1) is 23.6. The Hall–Kier alpha value is -2.58. The minimum absolute atomic E-state index is 0.0127. The lowest BCUT2D eigenvalue weighted by Gasteiger charge is -2.29. The van der Waals surface area contributed by atoms with E-state index in [1.807, 2.05) is 36.4 Å². The Balaban J connectivity index is 1.28. The van der Waals surface area contributed by atoms with Crippen LogP contribution in [0.3, 0.4) is 0 Å². The molecule has 178 valence electrons. The van der Waals surface area contributed by atoms with Crippen molar-refractivity contribution in [1.82, 2.24) is 9.21 Å². The number of sulfonamides is 1. The first-order valence-corrected chi connectivity index (χ1v) is 13.1. The second-order valence-corrected chi connectivity index (χ2v) is 10.7. The lowest BCUT2D eigenvalue weighted by molar-refractivity contribution is -0.131. The van der Waals surface area contributed by atoms with E-state index < -0.39 is 10.0 Å². The molecule has 2 aromatic rings. The third-order valence-corrected chi connectivity index (χ3v) is 8.14. The van der Waals surface area contributed by atoms with E-state index in [4.69, 9.17) is 9.47 Å². The Morgan fingerprint density at radius 1 is 1.00 bits per heavy atom. The molecule has 0 spiro atoms. The minimum Gasteiger partial charge on any atom is -0.486 e. The Bertz CT molecular complexity index is 1050. The standard InChI is InChI=1S/C25H32N2O5S/c1-26(18-21-19-31-23-8-4-5-9-24(23)32-21)25(28)15-12-20-10-13-22(14-11-20)33(29,30)27-16-6-2-3-7-17-27/h4-5,8-11,13-14,21H,2-3,6-7,12,15-19H2,1H3. The number of likely N-dealkylation sites (N-methyl/N-ethyl adjacent to an activating group) is 1. The van der Waals surface area contributed by atoms with E-state index >= 15 is 0 Å². The van der Waals surface area contributed by atoms with Crippen LogP contribution in [0.2, 0.25) is 0 Å². The quantitative estimate of drug-likeness (QED) is 0.617. The highest BCUT2D eigenvalue weighted by Crippen LogP contribution is 2.31. The fourth-order valence-corrected chi connectivity index (χ4v) is 5.78. The SMILES string of the molecule is CN(CC1COc2ccccc2O1)C(=O)CCc1ccc(S(=O)(=O)N2CCCCCC2)cc1. The summed E-state index contributed by atoms with van der Waals surface area (Å²) < 4.78 is 39.1. The van der Waals surface area contributed by atoms with Crippen molar-refractivity contribution in [3.63, 3.8) is 0 Å². The Morgan fingerprint density at radius 3 is 2.36 bits per heavy atom. The summed E-state index contributed by atoms with van der Waals surface area (Å²) in [6, 6.07) is 14.5. The van der Waals surface area contributed by atoms with Gasteiger partial charge in [-0.25, -0.2) is 8.42 Å². The number of carbonyl (C=O) groups excluding carboxylic acids is 1. The van der Waals surface area contributed by atoms with E-state index in [1.54, 1.807) is 28.4 Å². The summed E-state index contributed by atoms with van der Waals surface area (Å²) in [6.45, 7) is 2.03. The number of carbonyl (C=O) groups is 1. The molecule has 2 aromatic carbocycles. The maximum Gasteiger partial charge on any atom is 0.243 e. The van der Waals surface area contributed by atoms with E-state index in [9.17, 15) is 13.2 Å². The van der Waals surface area contributed by atoms with E-state index in [0.29, 0.717) is 49.7 Å². The second kappa shape index (κ2) is 10.6. The van der Waals surface area contributed by atoms with Crippen LogP contribution in [0.25, 0.3) is 0 Å². The number of fused-ring (bicyclic) bond motifs is 1. The summed E-state index contributed by atoms with van der Waals surface area (Å²) in [6.07, 6.45) is 4.69. The van der Waals surface area contributed by atoms with Gasteiger partial charge in [-0.05, 0) is 49.1 Å². The fraction of sp³-hybridized carbons (Fsp3) is 0.480. The lowest BCUT2D eigenvalue weighted by Crippen LogP contribution is -2.41. The molecule has 2 aliphatic heterocycles. The van der Waals surface area contributed by atoms with Crippen molar-refractivity contribution in [1.29, 1.82) is 0 Å². The molecule has 0 saturated carbocycles. The number of rotatable bonds is 7. The summed E-state index contributed by atoms with van der Waals surface area (Å²) >= 11 is 0. The normalized spacial score (nSPS) is 19.0. The molecule has 0 N–H and O–H groups in total. The van der Waals surface area contributed by atoms with Crippen LogP contribution < -0.4 is 9.47 Å². The van der Waals surface area contributed by atoms with Gasteiger partial charge in [0.2, 0.25) is 15.9 Å². The molecular formula is C25H32N2O5S. The minimum atomic E-state index is -3.45. The van der Waals surface area contributed by atoms with Crippen molar-refractivity contribution in [2.45, 2.75) is 49.5 Å². The Labute approximate surface area is 196 Å². The lowest BCUT2D eigenvalue weighted by atomic mass is 10.1. The number of amides is 1. The molecule has 4 rings (SSSR count). The average Bonchev–Trinajstić information content (AvgIpc) is 3.13. The molecule has 0 radical (unpaired) electrons. The van der Waals surface area contributed by atoms with Crippen LogP contribution in [0.15, 0.2) is 53.4 Å². The number of benzene rings is 2. The fourth-order valence-electron chi connectivity index (χ4n) is 4.26. The van der Waals surface area contributed by atoms with E-state index in [2.05, 4.69) is 0 Å². The van der Waals surface area contributed by atoms with Crippen molar-refractivity contribution in [2.75, 3.05) is 33.3 Å². The van der Waals surface area contributed by atoms with E-state index in [1.165, 1.54) is 0 Å². The van der Waals surface area contributed by atoms with Gasteiger partial charge in [0, 0.05) is 26.6 Å². The number of hydrogen-bond donors (Lipinski definition) is 0. The molecule has 0 aliphatic carbocycles. The molecule has 1 atom stereocenters. The zero-order chi connectivity index (χ0) is 23.3. The largest absolute Gasteiger partial charge is 0.486 e. The van der Waals surface area contributed by atoms with Gasteiger partial charge in [0.25, 0.3) is 0 Å². The van der Waals surface area contributed by atoms with Gasteiger partial charge < -0.3 is 14.4 Å². The molecule has 8 heteroatoms. The predicted molar refractivity (Wildman–Crippen MR) is 126 cm³/mol. The van der Waals surface area contributed by atoms with E-state index in [0.717, 1.165) is 37.0 Å². The van der Waals surface area contributed by atoms with Crippen molar-refractivity contribution < 1.29 is 22.7 Å². The highest BCUT2D eigenvalue weighted by atomic mass is 32.2. The number of ether oxygens (including phenoxy) is 2. The van der Waals surface area contributed by atoms with Crippen molar-refractivity contribution >= 4 is 15.9 Å². The van der Waals surface area contributed by atoms with Crippen LogP contribution in [0.5, 0.6) is 11.5 Å². The molecule has 1 amide bonds. The average molecular weight is 473 g/mol. The summed E-state index contributed by atoms with van der Waals surface area (Å²) in [4.78, 5) is 14.6. The van der Waals surface area contributed by atoms with Crippen molar-refractivity contribution in [3.05, 3.63) is 54.1 Å². The highest BCUT2D eigenvalue weighted by molar-refractivity contribution is 7.89. The molecule has 7 nitrogen and oxygen atoms in total. The van der Waals surface area contributed by atoms with E-state index in [-0.39, 0.29) is 12.0 Å². The maximum atomic E-state index is 12.9. The van der Waals surface area contributed by atoms with Gasteiger partial charge in [-0.1, -0.05) is 37.1 Å². The molecule has 0 bridgehead atoms. The summed E-state index contributed by atoms with van der Waals surface area (Å²) in [5, 5.41) is 0. The summed E-state index contributed by atoms with van der Waals surface area (Å²) in [7, 11) is -1.69. The third-order valence-electron chi connectivity index (χ3n) is 6.22. The Morgan fingerprint density at radius 2 is 1.67 bits per heavy atom. The monoisotopic (exact) mass is 472 g/mol. The summed E-state index contributed by atoms with van der Waals surface area (Å²) in [5.41, 5.74) is 0.942. The van der Waals surface area contributed by atoms with Crippen LogP contribution in [-0.2, 0) is 21.2 Å². The predicted octanol–water partition coefficient (Wildman–Crippen LogP) is 3.48. The van der Waals surface area contributed by atoms with Gasteiger partial charge in [0.05, 0.1) is 11.4 Å². The number of nitrogens with zero attached hydrogens (tertiary/aromatic N) is 2. The molecule has 33 heavy (non-hydrogen) atoms. The first-order chi connectivity index (χ1) is 15.9. The molecule has 1 fully saturated rings. The third kappa shape index (κ3) is 5.86. The van der Waals surface area contributed by atoms with Crippen LogP contribution in [0.4, 0.5) is 0 Å². The van der Waals surface area contributed by atoms with Crippen molar-refractivity contribution in [3.8, 4) is 11.5 Å². The van der Waals surface area contributed by atoms with Gasteiger partial charge in [0.1, 0.15) is 6.61 Å². The van der Waals surface area contributed by atoms with Crippen LogP contribution in [0, 0.1) is 0 Å². The zero-order valence-electron chi connectivity index (χ0n) is 19.1. The van der Waals surface area contributed by atoms with Gasteiger partial charge in [-0.3, -0.25) is 4.79 Å². The number of hydrogen-bond acceptors (Lipinski definition) is 5. The topological polar surface area (TPSA) is 76.1 Å². The van der Waals surface area contributed by atoms with Gasteiger partial charge in [-0.2, -0.15) is 4.31 Å². The second-order valence-electron chi connectivity index (χ2n) is 8.73. The number of para-hydroxylation sites is 2. The first-order valence-electron chi connectivity index (χ1n) is 11.6. The van der Waals surface area contributed by atoms with Crippen LogP contribution in [-0.4, -0.2) is 62.9 Å². The van der Waals surface area contributed by atoms with Gasteiger partial charge >= 0.3 is 0 Å². The van der Waals surface area contributed by atoms with Gasteiger partial charge in [0.15, 0.2) is 17.6 Å². The molecule has 0 aromatic heterocycles. The van der Waals surface area contributed by atoms with Crippen LogP contribution >= 0.6 is 0 Å². The molecule has 1 unspecified atom stereocenters. The van der Waals surface area contributed by atoms with Gasteiger partial charge in [-0.15, -0.1) is 0 Å². The molecule has 2 aliphatic rings. The zero-order valence-corrected chi connectivity index (χ0v) is 19.9. The molecule has 1 saturated heterocycles. The molecule has 2 heterocycles. The maximum absolute atomic E-state index is 12.9. The highest BCUT2D eigenvalue weighted by Gasteiger charge is 2.25. The summed E-state index contributed by atoms with van der Waals surface area (Å²) in [5.74, 6) is 1.44. The van der Waals surface area contributed by atoms with Crippen LogP contribution in [0.1, 0.15) is 37.7 Å².